The average Bonchev–Trinajstić information content (AvgIpc) is 3.65. The number of hydrogen-bond acceptors (Lipinski definition) is 5. The summed E-state index contributed by atoms with van der Waals surface area (Å²) in [5.41, 5.74) is 4.54. The van der Waals surface area contributed by atoms with E-state index in [1.807, 2.05) is 25.1 Å². The summed E-state index contributed by atoms with van der Waals surface area (Å²) < 4.78 is 27.4. The van der Waals surface area contributed by atoms with Crippen LogP contribution in [0.1, 0.15) is 30.1 Å². The van der Waals surface area contributed by atoms with Crippen LogP contribution in [0, 0.1) is 18.7 Å². The van der Waals surface area contributed by atoms with Crippen LogP contribution in [0.4, 0.5) is 10.1 Å². The molecule has 0 amide bonds. The third-order valence-corrected chi connectivity index (χ3v) is 7.97. The maximum absolute atomic E-state index is 15.1. The highest BCUT2D eigenvalue weighted by Crippen LogP contribution is 2.45. The molecule has 0 saturated heterocycles. The number of nitrogens with zero attached hydrogens (tertiary/aromatic N) is 3. The summed E-state index contributed by atoms with van der Waals surface area (Å²) in [6.07, 6.45) is 3.78. The van der Waals surface area contributed by atoms with Crippen molar-refractivity contribution in [3.8, 4) is 11.3 Å². The van der Waals surface area contributed by atoms with Crippen LogP contribution >= 0.6 is 18.7 Å². The molecule has 8 heteroatoms. The standard InChI is InChI=1S/C26H25ClFN4OP/c1-15-22(27)26(31-23(17-9-10-17)16-7-5-4-6-8-16)25-20(30-15)13-19(28)24(32-25)18-11-12-21(29-14-18)34(2,3)33/h4-8,11-14,17,23H,9-10H2,1-3H3,(H,30,31)/t23-/m1/s1. The van der Waals surface area contributed by atoms with Gasteiger partial charge in [-0.05, 0) is 56.7 Å². The number of aromatic nitrogens is 3. The zero-order valence-corrected chi connectivity index (χ0v) is 20.9. The van der Waals surface area contributed by atoms with Gasteiger partial charge >= 0.3 is 0 Å². The van der Waals surface area contributed by atoms with E-state index in [0.717, 1.165) is 12.8 Å². The minimum absolute atomic E-state index is 0.0724. The summed E-state index contributed by atoms with van der Waals surface area (Å²) in [4.78, 5) is 13.5. The second kappa shape index (κ2) is 8.75. The van der Waals surface area contributed by atoms with Crippen LogP contribution in [-0.4, -0.2) is 28.3 Å². The van der Waals surface area contributed by atoms with Gasteiger partial charge < -0.3 is 9.88 Å². The molecule has 1 atom stereocenters. The molecule has 0 aliphatic heterocycles. The van der Waals surface area contributed by atoms with E-state index >= 15 is 4.39 Å². The number of fused-ring (bicyclic) bond motifs is 1. The van der Waals surface area contributed by atoms with Crippen LogP contribution in [0.2, 0.25) is 5.02 Å². The smallest absolute Gasteiger partial charge is 0.151 e. The van der Waals surface area contributed by atoms with E-state index in [1.165, 1.54) is 17.8 Å². The number of nitrogens with one attached hydrogen (secondary N) is 1. The Balaban J connectivity index is 1.63. The highest BCUT2D eigenvalue weighted by atomic mass is 35.5. The molecule has 0 radical (unpaired) electrons. The van der Waals surface area contributed by atoms with Crippen molar-refractivity contribution in [2.75, 3.05) is 18.6 Å². The molecule has 1 saturated carbocycles. The van der Waals surface area contributed by atoms with Gasteiger partial charge in [0.1, 0.15) is 18.4 Å². The number of anilines is 1. The zero-order chi connectivity index (χ0) is 24.0. The average molecular weight is 495 g/mol. The summed E-state index contributed by atoms with van der Waals surface area (Å²) in [6, 6.07) is 15.1. The lowest BCUT2D eigenvalue weighted by atomic mass is 10.0. The van der Waals surface area contributed by atoms with E-state index in [4.69, 9.17) is 11.6 Å². The summed E-state index contributed by atoms with van der Waals surface area (Å²) in [7, 11) is -2.51. The summed E-state index contributed by atoms with van der Waals surface area (Å²) in [5, 5.41) is 4.10. The van der Waals surface area contributed by atoms with Crippen molar-refractivity contribution in [3.63, 3.8) is 0 Å². The molecule has 0 spiro atoms. The summed E-state index contributed by atoms with van der Waals surface area (Å²) in [6.45, 7) is 5.12. The van der Waals surface area contributed by atoms with Gasteiger partial charge in [-0.3, -0.25) is 4.98 Å². The van der Waals surface area contributed by atoms with Gasteiger partial charge in [-0.1, -0.05) is 41.9 Å². The highest BCUT2D eigenvalue weighted by Gasteiger charge is 2.33. The van der Waals surface area contributed by atoms with Crippen LogP contribution in [0.15, 0.2) is 54.7 Å². The fourth-order valence-corrected chi connectivity index (χ4v) is 5.12. The van der Waals surface area contributed by atoms with Crippen molar-refractivity contribution in [3.05, 3.63) is 76.8 Å². The SMILES string of the molecule is Cc1nc2cc(F)c(-c3ccc(P(C)(C)=O)nc3)nc2c(N[C@H](c2ccccc2)C2CC2)c1Cl. The Morgan fingerprint density at radius 3 is 2.47 bits per heavy atom. The molecule has 1 fully saturated rings. The monoisotopic (exact) mass is 494 g/mol. The Morgan fingerprint density at radius 2 is 1.85 bits per heavy atom. The lowest BCUT2D eigenvalue weighted by molar-refractivity contribution is 0.588. The van der Waals surface area contributed by atoms with E-state index < -0.39 is 13.0 Å². The van der Waals surface area contributed by atoms with Crippen molar-refractivity contribution in [1.82, 2.24) is 15.0 Å². The first-order chi connectivity index (χ1) is 16.2. The van der Waals surface area contributed by atoms with Gasteiger partial charge in [0.2, 0.25) is 0 Å². The topological polar surface area (TPSA) is 67.8 Å². The number of aryl methyl sites for hydroxylation is 1. The maximum atomic E-state index is 15.1. The second-order valence-corrected chi connectivity index (χ2v) is 12.7. The fourth-order valence-electron chi connectivity index (χ4n) is 4.16. The third kappa shape index (κ3) is 4.45. The van der Waals surface area contributed by atoms with Gasteiger partial charge in [0.25, 0.3) is 0 Å². The first-order valence-corrected chi connectivity index (χ1v) is 14.2. The molecule has 4 aromatic rings. The summed E-state index contributed by atoms with van der Waals surface area (Å²) >= 11 is 6.74. The molecular weight excluding hydrogens is 470 g/mol. The van der Waals surface area contributed by atoms with Crippen LogP contribution in [0.25, 0.3) is 22.3 Å². The van der Waals surface area contributed by atoms with Crippen molar-refractivity contribution in [2.45, 2.75) is 25.8 Å². The predicted molar refractivity (Wildman–Crippen MR) is 137 cm³/mol. The zero-order valence-electron chi connectivity index (χ0n) is 19.2. The molecule has 1 aromatic carbocycles. The van der Waals surface area contributed by atoms with Gasteiger partial charge in [0.05, 0.1) is 33.4 Å². The molecule has 1 aliphatic rings. The van der Waals surface area contributed by atoms with E-state index in [2.05, 4.69) is 32.4 Å². The van der Waals surface area contributed by atoms with E-state index in [9.17, 15) is 4.57 Å². The Bertz CT molecular complexity index is 1420. The number of pyridine rings is 3. The first-order valence-electron chi connectivity index (χ1n) is 11.2. The number of benzene rings is 1. The van der Waals surface area contributed by atoms with Crippen LogP contribution in [-0.2, 0) is 4.57 Å². The fraction of sp³-hybridized carbons (Fsp3) is 0.269. The molecule has 5 rings (SSSR count). The predicted octanol–water partition coefficient (Wildman–Crippen LogP) is 6.60. The first kappa shape index (κ1) is 22.9. The lowest BCUT2D eigenvalue weighted by Gasteiger charge is -2.22. The molecular formula is C26H25ClFN4OP. The minimum Gasteiger partial charge on any atom is -0.375 e. The molecule has 1 N–H and O–H groups in total. The van der Waals surface area contributed by atoms with E-state index in [1.54, 1.807) is 25.5 Å². The molecule has 3 aromatic heterocycles. The van der Waals surface area contributed by atoms with E-state index in [0.29, 0.717) is 44.4 Å². The van der Waals surface area contributed by atoms with Crippen molar-refractivity contribution in [2.24, 2.45) is 5.92 Å². The molecule has 5 nitrogen and oxygen atoms in total. The van der Waals surface area contributed by atoms with Crippen molar-refractivity contribution in [1.29, 1.82) is 0 Å². The molecule has 174 valence electrons. The molecule has 34 heavy (non-hydrogen) atoms. The van der Waals surface area contributed by atoms with Crippen LogP contribution < -0.4 is 10.8 Å². The van der Waals surface area contributed by atoms with Gasteiger partial charge in [0.15, 0.2) is 5.82 Å². The van der Waals surface area contributed by atoms with Gasteiger partial charge in [-0.25, -0.2) is 14.4 Å². The largest absolute Gasteiger partial charge is 0.375 e. The molecule has 1 aliphatic carbocycles. The minimum atomic E-state index is -2.51. The van der Waals surface area contributed by atoms with Crippen LogP contribution in [0.3, 0.4) is 0 Å². The Morgan fingerprint density at radius 1 is 1.12 bits per heavy atom. The summed E-state index contributed by atoms with van der Waals surface area (Å²) in [5.74, 6) is -0.00219. The van der Waals surface area contributed by atoms with Gasteiger partial charge in [-0.15, -0.1) is 0 Å². The second-order valence-electron chi connectivity index (χ2n) is 9.20. The highest BCUT2D eigenvalue weighted by molar-refractivity contribution is 7.69. The Hall–Kier alpha value is -2.82. The maximum Gasteiger partial charge on any atom is 0.151 e. The molecule has 3 heterocycles. The Labute approximate surface area is 203 Å². The number of rotatable bonds is 6. The quantitative estimate of drug-likeness (QED) is 0.306. The van der Waals surface area contributed by atoms with Gasteiger partial charge in [-0.2, -0.15) is 0 Å². The van der Waals surface area contributed by atoms with Gasteiger partial charge in [0, 0.05) is 17.8 Å². The molecule has 0 unspecified atom stereocenters. The number of halogens is 2. The lowest BCUT2D eigenvalue weighted by Crippen LogP contribution is -2.14. The normalized spacial score (nSPS) is 14.9. The van der Waals surface area contributed by atoms with Crippen LogP contribution in [0.5, 0.6) is 0 Å². The molecule has 0 bridgehead atoms. The van der Waals surface area contributed by atoms with Crippen molar-refractivity contribution < 1.29 is 8.96 Å². The Kier molecular flexibility index (Phi) is 5.91. The van der Waals surface area contributed by atoms with Crippen molar-refractivity contribution >= 4 is 40.9 Å². The third-order valence-electron chi connectivity index (χ3n) is 6.14. The number of hydrogen-bond donors (Lipinski definition) is 1. The van der Waals surface area contributed by atoms with E-state index in [-0.39, 0.29) is 11.7 Å².